The van der Waals surface area contributed by atoms with Crippen LogP contribution in [0, 0.1) is 0 Å². The SMILES string of the molecule is O[C@@H]1C=C[C@@](O)(S)C1. The maximum Gasteiger partial charge on any atom is 0.129 e. The third-order valence-electron chi connectivity index (χ3n) is 1.09. The van der Waals surface area contributed by atoms with Gasteiger partial charge in [0.25, 0.3) is 0 Å². The minimum absolute atomic E-state index is 0.302. The molecule has 46 valence electrons. The van der Waals surface area contributed by atoms with Crippen LogP contribution in [0.4, 0.5) is 0 Å². The van der Waals surface area contributed by atoms with Crippen LogP contribution < -0.4 is 0 Å². The minimum Gasteiger partial charge on any atom is -0.389 e. The molecule has 0 bridgehead atoms. The van der Waals surface area contributed by atoms with E-state index in [2.05, 4.69) is 12.6 Å². The first-order valence-corrected chi connectivity index (χ1v) is 2.87. The monoisotopic (exact) mass is 132 g/mol. The Hall–Kier alpha value is 0.01000. The molecule has 0 fully saturated rings. The van der Waals surface area contributed by atoms with Gasteiger partial charge in [-0.3, -0.25) is 0 Å². The van der Waals surface area contributed by atoms with Crippen LogP contribution in [0.1, 0.15) is 6.42 Å². The quantitative estimate of drug-likeness (QED) is 0.245. The molecule has 0 radical (unpaired) electrons. The molecule has 0 aromatic heterocycles. The zero-order chi connectivity index (χ0) is 6.20. The highest BCUT2D eigenvalue weighted by Crippen LogP contribution is 2.25. The van der Waals surface area contributed by atoms with Gasteiger partial charge in [0, 0.05) is 6.42 Å². The standard InChI is InChI=1S/C5H8O2S/c6-4-1-2-5(7,8)3-4/h1-2,4,6-8H,3H2/t4-,5-/m1/s1. The first-order chi connectivity index (χ1) is 3.60. The van der Waals surface area contributed by atoms with Crippen LogP contribution in [-0.2, 0) is 0 Å². The Balaban J connectivity index is 2.58. The zero-order valence-corrected chi connectivity index (χ0v) is 5.18. The van der Waals surface area contributed by atoms with Gasteiger partial charge < -0.3 is 10.2 Å². The van der Waals surface area contributed by atoms with Crippen LogP contribution in [0.3, 0.4) is 0 Å². The maximum atomic E-state index is 8.98. The maximum absolute atomic E-state index is 8.98. The van der Waals surface area contributed by atoms with Gasteiger partial charge in [-0.15, -0.1) is 12.6 Å². The molecule has 0 spiro atoms. The van der Waals surface area contributed by atoms with Gasteiger partial charge >= 0.3 is 0 Å². The van der Waals surface area contributed by atoms with E-state index in [0.717, 1.165) is 0 Å². The summed E-state index contributed by atoms with van der Waals surface area (Å²) in [6.45, 7) is 0. The molecule has 1 rings (SSSR count). The molecular formula is C5H8O2S. The molecule has 0 saturated carbocycles. The highest BCUT2D eigenvalue weighted by atomic mass is 32.1. The Morgan fingerprint density at radius 1 is 1.75 bits per heavy atom. The van der Waals surface area contributed by atoms with E-state index in [-0.39, 0.29) is 0 Å². The Labute approximate surface area is 53.2 Å². The van der Waals surface area contributed by atoms with Gasteiger partial charge in [-0.1, -0.05) is 6.08 Å². The fourth-order valence-corrected chi connectivity index (χ4v) is 0.982. The van der Waals surface area contributed by atoms with Crippen LogP contribution in [0.5, 0.6) is 0 Å². The largest absolute Gasteiger partial charge is 0.389 e. The Morgan fingerprint density at radius 2 is 2.38 bits per heavy atom. The summed E-state index contributed by atoms with van der Waals surface area (Å²) in [5.41, 5.74) is 0. The average molecular weight is 132 g/mol. The molecule has 2 nitrogen and oxygen atoms in total. The Morgan fingerprint density at radius 3 is 2.50 bits per heavy atom. The van der Waals surface area contributed by atoms with E-state index in [1.54, 1.807) is 0 Å². The third-order valence-corrected chi connectivity index (χ3v) is 1.43. The Bertz CT molecular complexity index is 120. The molecule has 0 aliphatic heterocycles. The van der Waals surface area contributed by atoms with Crippen molar-refractivity contribution in [1.82, 2.24) is 0 Å². The van der Waals surface area contributed by atoms with Crippen LogP contribution in [0.2, 0.25) is 0 Å². The number of aliphatic hydroxyl groups is 2. The first kappa shape index (κ1) is 6.13. The number of hydrogen-bond donors (Lipinski definition) is 3. The highest BCUT2D eigenvalue weighted by molar-refractivity contribution is 7.81. The molecule has 8 heavy (non-hydrogen) atoms. The normalized spacial score (nSPS) is 45.6. The van der Waals surface area contributed by atoms with E-state index in [1.165, 1.54) is 12.2 Å². The van der Waals surface area contributed by atoms with E-state index in [4.69, 9.17) is 10.2 Å². The van der Waals surface area contributed by atoms with Gasteiger partial charge in [0.2, 0.25) is 0 Å². The molecule has 1 aliphatic carbocycles. The second-order valence-corrected chi connectivity index (χ2v) is 2.78. The van der Waals surface area contributed by atoms with Gasteiger partial charge in [0.05, 0.1) is 6.10 Å². The van der Waals surface area contributed by atoms with Crippen molar-refractivity contribution in [1.29, 1.82) is 0 Å². The van der Waals surface area contributed by atoms with Crippen molar-refractivity contribution >= 4 is 12.6 Å². The van der Waals surface area contributed by atoms with Gasteiger partial charge in [0.1, 0.15) is 4.93 Å². The zero-order valence-electron chi connectivity index (χ0n) is 4.28. The molecule has 0 amide bonds. The first-order valence-electron chi connectivity index (χ1n) is 2.42. The molecule has 0 aromatic rings. The smallest absolute Gasteiger partial charge is 0.129 e. The van der Waals surface area contributed by atoms with Crippen molar-refractivity contribution < 1.29 is 10.2 Å². The predicted molar refractivity (Wildman–Crippen MR) is 33.7 cm³/mol. The van der Waals surface area contributed by atoms with Crippen LogP contribution in [0.25, 0.3) is 0 Å². The van der Waals surface area contributed by atoms with E-state index in [1.807, 2.05) is 0 Å². The number of aliphatic hydroxyl groups excluding tert-OH is 1. The van der Waals surface area contributed by atoms with Gasteiger partial charge in [-0.25, -0.2) is 0 Å². The molecular weight excluding hydrogens is 124 g/mol. The second-order valence-electron chi connectivity index (χ2n) is 2.01. The van der Waals surface area contributed by atoms with Crippen molar-refractivity contribution in [3.05, 3.63) is 12.2 Å². The second kappa shape index (κ2) is 1.76. The topological polar surface area (TPSA) is 40.5 Å². The summed E-state index contributed by atoms with van der Waals surface area (Å²) >= 11 is 3.82. The Kier molecular flexibility index (Phi) is 1.35. The molecule has 2 N–H and O–H groups in total. The van der Waals surface area contributed by atoms with Crippen molar-refractivity contribution in [3.63, 3.8) is 0 Å². The molecule has 3 heteroatoms. The van der Waals surface area contributed by atoms with E-state index in [0.29, 0.717) is 6.42 Å². The van der Waals surface area contributed by atoms with Crippen molar-refractivity contribution in [3.8, 4) is 0 Å². The number of rotatable bonds is 0. The van der Waals surface area contributed by atoms with Gasteiger partial charge in [-0.2, -0.15) is 0 Å². The van der Waals surface area contributed by atoms with Crippen molar-refractivity contribution in [2.24, 2.45) is 0 Å². The summed E-state index contributed by atoms with van der Waals surface area (Å²) < 4.78 is 0. The van der Waals surface area contributed by atoms with E-state index < -0.39 is 11.0 Å². The molecule has 0 saturated heterocycles. The summed E-state index contributed by atoms with van der Waals surface area (Å²) in [5, 5.41) is 17.8. The van der Waals surface area contributed by atoms with E-state index >= 15 is 0 Å². The molecule has 0 aromatic carbocycles. The summed E-state index contributed by atoms with van der Waals surface area (Å²) in [7, 11) is 0. The average Bonchev–Trinajstić information content (AvgIpc) is 1.82. The lowest BCUT2D eigenvalue weighted by molar-refractivity contribution is 0.131. The lowest BCUT2D eigenvalue weighted by Gasteiger charge is -2.11. The van der Waals surface area contributed by atoms with Crippen LogP contribution in [0.15, 0.2) is 12.2 Å². The molecule has 2 atom stereocenters. The fraction of sp³-hybridized carbons (Fsp3) is 0.600. The van der Waals surface area contributed by atoms with Gasteiger partial charge in [0.15, 0.2) is 0 Å². The molecule has 0 unspecified atom stereocenters. The van der Waals surface area contributed by atoms with Crippen molar-refractivity contribution in [2.45, 2.75) is 17.5 Å². The lowest BCUT2D eigenvalue weighted by atomic mass is 10.3. The van der Waals surface area contributed by atoms with Crippen LogP contribution in [-0.4, -0.2) is 21.3 Å². The number of hydrogen-bond acceptors (Lipinski definition) is 3. The summed E-state index contributed by atoms with van der Waals surface area (Å²) in [6.07, 6.45) is 2.81. The summed E-state index contributed by atoms with van der Waals surface area (Å²) in [5.74, 6) is 0. The predicted octanol–water partition coefficient (Wildman–Crippen LogP) is -0.0744. The third kappa shape index (κ3) is 1.24. The molecule has 1 aliphatic rings. The minimum atomic E-state index is -1.07. The summed E-state index contributed by atoms with van der Waals surface area (Å²) in [4.78, 5) is -1.07. The number of thiol groups is 1. The molecule has 0 heterocycles. The lowest BCUT2D eigenvalue weighted by Crippen LogP contribution is -2.16. The highest BCUT2D eigenvalue weighted by Gasteiger charge is 2.26. The fourth-order valence-electron chi connectivity index (χ4n) is 0.709. The van der Waals surface area contributed by atoms with Crippen molar-refractivity contribution in [2.75, 3.05) is 0 Å². The van der Waals surface area contributed by atoms with Crippen LogP contribution >= 0.6 is 12.6 Å². The van der Waals surface area contributed by atoms with E-state index in [9.17, 15) is 0 Å². The summed E-state index contributed by atoms with van der Waals surface area (Å²) in [6, 6.07) is 0. The van der Waals surface area contributed by atoms with Gasteiger partial charge in [-0.05, 0) is 6.08 Å².